The van der Waals surface area contributed by atoms with Crippen LogP contribution in [0.3, 0.4) is 0 Å². The van der Waals surface area contributed by atoms with E-state index in [2.05, 4.69) is 15.5 Å². The van der Waals surface area contributed by atoms with Gasteiger partial charge in [0.05, 0.1) is 5.92 Å². The average molecular weight is 410 g/mol. The van der Waals surface area contributed by atoms with Gasteiger partial charge in [0, 0.05) is 5.92 Å². The molecular formula is C21H35N3O5. The van der Waals surface area contributed by atoms with Gasteiger partial charge >= 0.3 is 0 Å². The first kappa shape index (κ1) is 23.5. The van der Waals surface area contributed by atoms with Crippen molar-refractivity contribution in [3.63, 3.8) is 0 Å². The fourth-order valence-corrected chi connectivity index (χ4v) is 3.80. The standard InChI is InChI=1S/C21H35N3O5/c1-12(2)18-23-20(29-24-18)17(21(3,4)5)22-19(28)14(16(27)15(26)11-25)10-13-8-6-7-9-13/h12-14,16-17,25,27H,6-11H2,1-5H3,(H,22,28)/t14-,16+,17-/m1/s1. The summed E-state index contributed by atoms with van der Waals surface area (Å²) in [4.78, 5) is 29.5. The van der Waals surface area contributed by atoms with Crippen molar-refractivity contribution in [1.82, 2.24) is 15.5 Å². The Morgan fingerprint density at radius 2 is 1.86 bits per heavy atom. The van der Waals surface area contributed by atoms with Crippen LogP contribution in [0.5, 0.6) is 0 Å². The van der Waals surface area contributed by atoms with Crippen LogP contribution in [0, 0.1) is 17.3 Å². The van der Waals surface area contributed by atoms with Gasteiger partial charge < -0.3 is 20.1 Å². The van der Waals surface area contributed by atoms with Gasteiger partial charge in [-0.1, -0.05) is 65.5 Å². The lowest BCUT2D eigenvalue weighted by molar-refractivity contribution is -0.142. The van der Waals surface area contributed by atoms with Crippen LogP contribution in [0.2, 0.25) is 0 Å². The topological polar surface area (TPSA) is 126 Å². The molecular weight excluding hydrogens is 374 g/mol. The molecule has 1 aliphatic rings. The smallest absolute Gasteiger partial charge is 0.249 e. The zero-order chi connectivity index (χ0) is 21.8. The van der Waals surface area contributed by atoms with Crippen LogP contribution in [-0.4, -0.2) is 44.8 Å². The summed E-state index contributed by atoms with van der Waals surface area (Å²) in [6.45, 7) is 8.94. The highest BCUT2D eigenvalue weighted by Gasteiger charge is 2.39. The van der Waals surface area contributed by atoms with Gasteiger partial charge in [0.25, 0.3) is 0 Å². The Bertz CT molecular complexity index is 689. The molecule has 0 radical (unpaired) electrons. The quantitative estimate of drug-likeness (QED) is 0.572. The fourth-order valence-electron chi connectivity index (χ4n) is 3.80. The third-order valence-corrected chi connectivity index (χ3v) is 5.64. The molecule has 164 valence electrons. The Hall–Kier alpha value is -1.80. The number of aliphatic hydroxyl groups is 2. The highest BCUT2D eigenvalue weighted by atomic mass is 16.5. The molecule has 1 fully saturated rings. The summed E-state index contributed by atoms with van der Waals surface area (Å²) in [6.07, 6.45) is 3.02. The van der Waals surface area contributed by atoms with E-state index < -0.39 is 41.8 Å². The number of aliphatic hydroxyl groups excluding tert-OH is 2. The van der Waals surface area contributed by atoms with E-state index in [4.69, 9.17) is 9.63 Å². The molecule has 0 unspecified atom stereocenters. The average Bonchev–Trinajstić information content (AvgIpc) is 3.33. The summed E-state index contributed by atoms with van der Waals surface area (Å²) in [5, 5.41) is 26.5. The Labute approximate surface area is 172 Å². The van der Waals surface area contributed by atoms with E-state index in [-0.39, 0.29) is 11.8 Å². The minimum Gasteiger partial charge on any atom is -0.388 e. The number of nitrogens with zero attached hydrogens (tertiary/aromatic N) is 2. The lowest BCUT2D eigenvalue weighted by Crippen LogP contribution is -2.46. The number of ketones is 1. The molecule has 8 heteroatoms. The van der Waals surface area contributed by atoms with Crippen LogP contribution >= 0.6 is 0 Å². The molecule has 0 aliphatic heterocycles. The molecule has 29 heavy (non-hydrogen) atoms. The van der Waals surface area contributed by atoms with Crippen molar-refractivity contribution < 1.29 is 24.3 Å². The van der Waals surface area contributed by atoms with Crippen LogP contribution in [0.4, 0.5) is 0 Å². The highest BCUT2D eigenvalue weighted by molar-refractivity contribution is 5.91. The van der Waals surface area contributed by atoms with Crippen molar-refractivity contribution in [2.45, 2.75) is 84.8 Å². The molecule has 0 aromatic carbocycles. The van der Waals surface area contributed by atoms with E-state index in [0.29, 0.717) is 18.1 Å². The number of hydrogen-bond acceptors (Lipinski definition) is 7. The number of hydrogen-bond donors (Lipinski definition) is 3. The van der Waals surface area contributed by atoms with Crippen molar-refractivity contribution in [1.29, 1.82) is 0 Å². The van der Waals surface area contributed by atoms with Crippen LogP contribution in [-0.2, 0) is 9.59 Å². The summed E-state index contributed by atoms with van der Waals surface area (Å²) >= 11 is 0. The van der Waals surface area contributed by atoms with E-state index in [0.717, 1.165) is 25.7 Å². The number of Topliss-reactive ketones (excluding diaryl/α,β-unsaturated/α-hetero) is 1. The van der Waals surface area contributed by atoms with Crippen molar-refractivity contribution in [2.24, 2.45) is 17.3 Å². The van der Waals surface area contributed by atoms with Gasteiger partial charge in [0.1, 0.15) is 18.8 Å². The van der Waals surface area contributed by atoms with E-state index in [1.165, 1.54) is 0 Å². The van der Waals surface area contributed by atoms with Gasteiger partial charge in [0.15, 0.2) is 11.6 Å². The Morgan fingerprint density at radius 3 is 2.34 bits per heavy atom. The second kappa shape index (κ2) is 9.80. The number of nitrogens with one attached hydrogen (secondary N) is 1. The predicted octanol–water partition coefficient (Wildman–Crippen LogP) is 2.52. The Balaban J connectivity index is 2.24. The second-order valence-electron chi connectivity index (χ2n) is 9.52. The third-order valence-electron chi connectivity index (χ3n) is 5.64. The van der Waals surface area contributed by atoms with E-state index in [9.17, 15) is 14.7 Å². The van der Waals surface area contributed by atoms with Gasteiger partial charge in [-0.2, -0.15) is 4.98 Å². The first-order valence-corrected chi connectivity index (χ1v) is 10.5. The summed E-state index contributed by atoms with van der Waals surface area (Å²) < 4.78 is 5.41. The van der Waals surface area contributed by atoms with Gasteiger partial charge in [0.2, 0.25) is 11.8 Å². The monoisotopic (exact) mass is 409 g/mol. The SMILES string of the molecule is CC(C)c1noc([C@@H](NC(=O)[C@H](CC2CCCC2)[C@H](O)C(=O)CO)C(C)(C)C)n1. The summed E-state index contributed by atoms with van der Waals surface area (Å²) in [5.41, 5.74) is -0.430. The molecule has 1 heterocycles. The van der Waals surface area contributed by atoms with E-state index >= 15 is 0 Å². The minimum atomic E-state index is -1.53. The zero-order valence-electron chi connectivity index (χ0n) is 18.1. The maximum absolute atomic E-state index is 13.2. The van der Waals surface area contributed by atoms with Crippen molar-refractivity contribution >= 4 is 11.7 Å². The van der Waals surface area contributed by atoms with Crippen LogP contribution in [0.25, 0.3) is 0 Å². The van der Waals surface area contributed by atoms with Gasteiger partial charge in [-0.3, -0.25) is 9.59 Å². The molecule has 3 N–H and O–H groups in total. The van der Waals surface area contributed by atoms with Crippen molar-refractivity contribution in [3.05, 3.63) is 11.7 Å². The maximum Gasteiger partial charge on any atom is 0.249 e. The number of carbonyl (C=O) groups is 2. The molecule has 0 saturated heterocycles. The predicted molar refractivity (Wildman–Crippen MR) is 107 cm³/mol. The molecule has 1 aromatic rings. The number of amides is 1. The normalized spacial score (nSPS) is 18.6. The van der Waals surface area contributed by atoms with Crippen molar-refractivity contribution in [2.75, 3.05) is 6.61 Å². The Morgan fingerprint density at radius 1 is 1.24 bits per heavy atom. The number of rotatable bonds is 9. The first-order chi connectivity index (χ1) is 13.5. The number of aromatic nitrogens is 2. The molecule has 3 atom stereocenters. The second-order valence-corrected chi connectivity index (χ2v) is 9.52. The molecule has 1 amide bonds. The van der Waals surface area contributed by atoms with E-state index in [1.807, 2.05) is 34.6 Å². The van der Waals surface area contributed by atoms with Gasteiger partial charge in [-0.15, -0.1) is 0 Å². The summed E-state index contributed by atoms with van der Waals surface area (Å²) in [5.74, 6) is -0.863. The van der Waals surface area contributed by atoms with Gasteiger partial charge in [-0.25, -0.2) is 0 Å². The molecule has 1 aromatic heterocycles. The highest BCUT2D eigenvalue weighted by Crippen LogP contribution is 2.35. The summed E-state index contributed by atoms with van der Waals surface area (Å²) in [6, 6.07) is -0.572. The van der Waals surface area contributed by atoms with Crippen molar-refractivity contribution in [3.8, 4) is 0 Å². The van der Waals surface area contributed by atoms with Crippen LogP contribution in [0.1, 0.15) is 90.4 Å². The molecule has 0 bridgehead atoms. The molecule has 0 spiro atoms. The van der Waals surface area contributed by atoms with E-state index in [1.54, 1.807) is 0 Å². The molecule has 1 aliphatic carbocycles. The Kier molecular flexibility index (Phi) is 7.94. The van der Waals surface area contributed by atoms with Gasteiger partial charge in [-0.05, 0) is 17.8 Å². The first-order valence-electron chi connectivity index (χ1n) is 10.5. The summed E-state index contributed by atoms with van der Waals surface area (Å²) in [7, 11) is 0. The third kappa shape index (κ3) is 6.09. The maximum atomic E-state index is 13.2. The number of carbonyl (C=O) groups excluding carboxylic acids is 2. The molecule has 8 nitrogen and oxygen atoms in total. The molecule has 1 saturated carbocycles. The lowest BCUT2D eigenvalue weighted by Gasteiger charge is -2.31. The largest absolute Gasteiger partial charge is 0.388 e. The van der Waals surface area contributed by atoms with Crippen LogP contribution in [0.15, 0.2) is 4.52 Å². The van der Waals surface area contributed by atoms with Crippen LogP contribution < -0.4 is 5.32 Å². The lowest BCUT2D eigenvalue weighted by atomic mass is 9.84. The minimum absolute atomic E-state index is 0.0860. The molecule has 2 rings (SSSR count). The fraction of sp³-hybridized carbons (Fsp3) is 0.810. The zero-order valence-corrected chi connectivity index (χ0v) is 18.1.